The Kier molecular flexibility index (Phi) is 1.97. The molecule has 0 saturated heterocycles. The topological polar surface area (TPSA) is 4.93 Å². The number of nitrogens with zero attached hydrogens (tertiary/aromatic N) is 1. The van der Waals surface area contributed by atoms with Gasteiger partial charge in [0.2, 0.25) is 0 Å². The highest BCUT2D eigenvalue weighted by Gasteiger charge is 2.10. The van der Waals surface area contributed by atoms with E-state index in [0.29, 0.717) is 0 Å². The van der Waals surface area contributed by atoms with Crippen LogP contribution in [0.2, 0.25) is 0 Å². The number of thiol groups is 1. The summed E-state index contributed by atoms with van der Waals surface area (Å²) < 4.78 is 1.97. The van der Waals surface area contributed by atoms with Gasteiger partial charge in [-0.3, -0.25) is 3.97 Å². The second-order valence-electron chi connectivity index (χ2n) is 4.51. The van der Waals surface area contributed by atoms with Gasteiger partial charge < -0.3 is 0 Å². The summed E-state index contributed by atoms with van der Waals surface area (Å²) in [5.74, 6) is 0. The van der Waals surface area contributed by atoms with E-state index in [0.717, 1.165) is 5.52 Å². The molecule has 1 heterocycles. The summed E-state index contributed by atoms with van der Waals surface area (Å²) in [6.07, 6.45) is 0. The Labute approximate surface area is 110 Å². The van der Waals surface area contributed by atoms with Crippen LogP contribution in [0.5, 0.6) is 0 Å². The lowest BCUT2D eigenvalue weighted by Crippen LogP contribution is -1.78. The number of aromatic nitrogens is 1. The lowest BCUT2D eigenvalue weighted by atomic mass is 10.0. The quantitative estimate of drug-likeness (QED) is 0.433. The zero-order valence-corrected chi connectivity index (χ0v) is 10.6. The normalized spacial score (nSPS) is 11.6. The number of hydrogen-bond acceptors (Lipinski definition) is 1. The molecule has 0 unspecified atom stereocenters. The summed E-state index contributed by atoms with van der Waals surface area (Å²) in [4.78, 5) is 0. The first-order chi connectivity index (χ1) is 8.86. The van der Waals surface area contributed by atoms with E-state index >= 15 is 0 Å². The third kappa shape index (κ3) is 1.18. The zero-order chi connectivity index (χ0) is 12.1. The van der Waals surface area contributed by atoms with Crippen LogP contribution in [0.3, 0.4) is 0 Å². The van der Waals surface area contributed by atoms with Gasteiger partial charge in [0.25, 0.3) is 0 Å². The molecule has 0 bridgehead atoms. The molecule has 4 rings (SSSR count). The van der Waals surface area contributed by atoms with Crippen molar-refractivity contribution in [1.29, 1.82) is 0 Å². The molecule has 0 aliphatic carbocycles. The second-order valence-corrected chi connectivity index (χ2v) is 4.91. The molecule has 0 radical (unpaired) electrons. The lowest BCUT2D eigenvalue weighted by molar-refractivity contribution is 1.44. The minimum atomic E-state index is 1.16. The third-order valence-corrected chi connectivity index (χ3v) is 3.97. The molecule has 18 heavy (non-hydrogen) atoms. The van der Waals surface area contributed by atoms with E-state index in [9.17, 15) is 0 Å². The summed E-state index contributed by atoms with van der Waals surface area (Å²) in [5, 5.41) is 5.12. The first kappa shape index (κ1) is 10.0. The van der Waals surface area contributed by atoms with Crippen molar-refractivity contribution in [3.05, 3.63) is 60.7 Å². The Morgan fingerprint density at radius 2 is 1.39 bits per heavy atom. The maximum atomic E-state index is 4.61. The fourth-order valence-corrected chi connectivity index (χ4v) is 3.06. The van der Waals surface area contributed by atoms with Gasteiger partial charge in [0.05, 0.1) is 11.0 Å². The van der Waals surface area contributed by atoms with Crippen molar-refractivity contribution in [2.24, 2.45) is 0 Å². The van der Waals surface area contributed by atoms with Crippen LogP contribution in [0.25, 0.3) is 32.6 Å². The molecular weight excluding hydrogens is 238 g/mol. The molecule has 0 N–H and O–H groups in total. The summed E-state index contributed by atoms with van der Waals surface area (Å²) >= 11 is 4.61. The zero-order valence-electron chi connectivity index (χ0n) is 9.67. The van der Waals surface area contributed by atoms with Crippen LogP contribution >= 0.6 is 12.8 Å². The number of rotatable bonds is 0. The molecule has 0 atom stereocenters. The average Bonchev–Trinajstić information content (AvgIpc) is 2.73. The Balaban J connectivity index is 2.41. The standard InChI is InChI=1S/C16H11NS/c18-17-14-8-4-3-7-13(14)16-12-6-2-1-5-11(12)9-10-15(16)17/h1-10,18H. The Morgan fingerprint density at radius 3 is 2.28 bits per heavy atom. The van der Waals surface area contributed by atoms with Crippen LogP contribution in [0.15, 0.2) is 60.7 Å². The van der Waals surface area contributed by atoms with Gasteiger partial charge in [-0.05, 0) is 22.9 Å². The molecule has 3 aromatic carbocycles. The summed E-state index contributed by atoms with van der Waals surface area (Å²) in [5.41, 5.74) is 2.32. The highest BCUT2D eigenvalue weighted by molar-refractivity contribution is 7.79. The van der Waals surface area contributed by atoms with E-state index in [1.165, 1.54) is 27.1 Å². The molecule has 0 aliphatic heterocycles. The van der Waals surface area contributed by atoms with Gasteiger partial charge in [-0.2, -0.15) is 0 Å². The van der Waals surface area contributed by atoms with Crippen LogP contribution in [-0.2, 0) is 0 Å². The Bertz CT molecular complexity index is 889. The van der Waals surface area contributed by atoms with Crippen molar-refractivity contribution in [2.75, 3.05) is 0 Å². The van der Waals surface area contributed by atoms with Crippen LogP contribution < -0.4 is 0 Å². The lowest BCUT2D eigenvalue weighted by Gasteiger charge is -2.00. The highest BCUT2D eigenvalue weighted by Crippen LogP contribution is 2.34. The van der Waals surface area contributed by atoms with Gasteiger partial charge in [0, 0.05) is 10.8 Å². The van der Waals surface area contributed by atoms with Gasteiger partial charge in [-0.1, -0.05) is 61.3 Å². The number of fused-ring (bicyclic) bond motifs is 5. The van der Waals surface area contributed by atoms with E-state index in [1.54, 1.807) is 0 Å². The van der Waals surface area contributed by atoms with Crippen molar-refractivity contribution in [2.45, 2.75) is 0 Å². The largest absolute Gasteiger partial charge is 0.286 e. The summed E-state index contributed by atoms with van der Waals surface area (Å²) in [7, 11) is 0. The molecule has 0 aliphatic rings. The maximum absolute atomic E-state index is 4.61. The minimum absolute atomic E-state index is 1.16. The van der Waals surface area contributed by atoms with Crippen molar-refractivity contribution < 1.29 is 0 Å². The van der Waals surface area contributed by atoms with Crippen LogP contribution in [0.4, 0.5) is 0 Å². The fraction of sp³-hybridized carbons (Fsp3) is 0. The predicted octanol–water partition coefficient (Wildman–Crippen LogP) is 4.64. The van der Waals surface area contributed by atoms with Gasteiger partial charge in [-0.15, -0.1) is 0 Å². The molecule has 0 fully saturated rings. The van der Waals surface area contributed by atoms with Gasteiger partial charge in [-0.25, -0.2) is 0 Å². The molecule has 0 spiro atoms. The molecule has 86 valence electrons. The van der Waals surface area contributed by atoms with E-state index in [4.69, 9.17) is 0 Å². The monoisotopic (exact) mass is 249 g/mol. The van der Waals surface area contributed by atoms with E-state index in [2.05, 4.69) is 73.5 Å². The number of benzene rings is 3. The molecule has 4 aromatic rings. The minimum Gasteiger partial charge on any atom is -0.286 e. The molecular formula is C16H11NS. The fourth-order valence-electron chi connectivity index (χ4n) is 2.72. The first-order valence-electron chi connectivity index (χ1n) is 5.96. The number of hydrogen-bond donors (Lipinski definition) is 1. The first-order valence-corrected chi connectivity index (χ1v) is 6.36. The smallest absolute Gasteiger partial charge is 0.0608 e. The highest BCUT2D eigenvalue weighted by atomic mass is 32.1. The summed E-state index contributed by atoms with van der Waals surface area (Å²) in [6.45, 7) is 0. The van der Waals surface area contributed by atoms with E-state index in [-0.39, 0.29) is 0 Å². The molecule has 2 heteroatoms. The van der Waals surface area contributed by atoms with Crippen molar-refractivity contribution >= 4 is 45.4 Å². The molecule has 1 nitrogen and oxygen atoms in total. The Morgan fingerprint density at radius 1 is 0.667 bits per heavy atom. The molecule has 0 saturated carbocycles. The van der Waals surface area contributed by atoms with Gasteiger partial charge in [0.15, 0.2) is 0 Å². The summed E-state index contributed by atoms with van der Waals surface area (Å²) in [6, 6.07) is 21.2. The van der Waals surface area contributed by atoms with Gasteiger partial charge in [0.1, 0.15) is 0 Å². The van der Waals surface area contributed by atoms with E-state index in [1.807, 2.05) is 3.97 Å². The van der Waals surface area contributed by atoms with Crippen LogP contribution in [0, 0.1) is 0 Å². The van der Waals surface area contributed by atoms with Crippen LogP contribution in [0.1, 0.15) is 0 Å². The molecule has 1 aromatic heterocycles. The van der Waals surface area contributed by atoms with Crippen molar-refractivity contribution in [1.82, 2.24) is 3.97 Å². The van der Waals surface area contributed by atoms with Crippen molar-refractivity contribution in [3.8, 4) is 0 Å². The van der Waals surface area contributed by atoms with Gasteiger partial charge >= 0.3 is 0 Å². The van der Waals surface area contributed by atoms with Crippen LogP contribution in [-0.4, -0.2) is 3.97 Å². The van der Waals surface area contributed by atoms with Crippen molar-refractivity contribution in [3.63, 3.8) is 0 Å². The number of para-hydroxylation sites is 1. The second kappa shape index (κ2) is 3.53. The SMILES string of the molecule is Sn1c2ccccc2c2c3ccccc3ccc21. The third-order valence-electron chi connectivity index (χ3n) is 3.54. The van der Waals surface area contributed by atoms with E-state index < -0.39 is 0 Å². The molecule has 0 amide bonds. The maximum Gasteiger partial charge on any atom is 0.0608 e. The predicted molar refractivity (Wildman–Crippen MR) is 81.3 cm³/mol. The Hall–Kier alpha value is -1.93. The average molecular weight is 249 g/mol.